The average molecular weight is 917 g/mol. The zero-order valence-corrected chi connectivity index (χ0v) is 41.6. The highest BCUT2D eigenvalue weighted by molar-refractivity contribution is 7.89. The first-order valence-corrected chi connectivity index (χ1v) is 24.5. The number of esters is 1. The van der Waals surface area contributed by atoms with Gasteiger partial charge in [-0.15, -0.1) is 11.3 Å². The second kappa shape index (κ2) is 18.8. The van der Waals surface area contributed by atoms with Gasteiger partial charge in [0.05, 0.1) is 29.7 Å². The first-order valence-electron chi connectivity index (χ1n) is 22.3. The molecule has 1 aliphatic heterocycles. The van der Waals surface area contributed by atoms with E-state index in [9.17, 15) is 18.0 Å². The summed E-state index contributed by atoms with van der Waals surface area (Å²) < 4.78 is 60.3. The molecule has 1 saturated heterocycles. The normalized spacial score (nSPS) is 18.5. The Morgan fingerprint density at radius 3 is 2.12 bits per heavy atom. The maximum atomic E-state index is 14.2. The Balaban J connectivity index is 1.26. The van der Waals surface area contributed by atoms with Crippen molar-refractivity contribution in [3.8, 4) is 21.9 Å². The second-order valence-corrected chi connectivity index (χ2v) is 23.8. The van der Waals surface area contributed by atoms with Gasteiger partial charge in [-0.25, -0.2) is 18.0 Å². The third-order valence-electron chi connectivity index (χ3n) is 11.4. The summed E-state index contributed by atoms with van der Waals surface area (Å²) in [6.07, 6.45) is 1.93. The molecule has 0 saturated carbocycles. The maximum absolute atomic E-state index is 14.2. The Hall–Kier alpha value is -4.43. The standard InChI is InChI=1S/C51H68N2O9S2/c1-33(2)30-52(64(56,57)38-24-22-36(58-13)23-25-38)31-42-41(53(51(11,12)60-42)47(55)62-49(6,7)8)28-34-18-20-37(21-19-34)59-32-35-16-14-15-17-39(35)45-44(46(54)61-48(3,4)5)40-29-50(9,10)27-26-43(40)63-45/h14-25,33,41-42H,26-32H2,1-13H3/t41-,42+/m0/s1. The fraction of sp³-hybridized carbons (Fsp3) is 0.529. The van der Waals surface area contributed by atoms with Crippen LogP contribution >= 0.6 is 11.3 Å². The number of benzene rings is 3. The highest BCUT2D eigenvalue weighted by Crippen LogP contribution is 2.46. The van der Waals surface area contributed by atoms with E-state index in [-0.39, 0.29) is 41.9 Å². The van der Waals surface area contributed by atoms with Crippen LogP contribution in [0.25, 0.3) is 10.4 Å². The number of ether oxygens (including phenoxy) is 5. The molecule has 64 heavy (non-hydrogen) atoms. The Morgan fingerprint density at radius 1 is 0.891 bits per heavy atom. The van der Waals surface area contributed by atoms with Crippen molar-refractivity contribution in [1.29, 1.82) is 0 Å². The SMILES string of the molecule is COc1ccc(S(=O)(=O)N(CC(C)C)C[C@H]2OC(C)(C)N(C(=O)OC(C)(C)C)[C@H]2Cc2ccc(OCc3ccccc3-c3sc4c(c3C(=O)OC(C)(C)C)CC(C)(C)CC4)cc2)cc1. The van der Waals surface area contributed by atoms with Crippen LogP contribution in [0, 0.1) is 11.3 Å². The van der Waals surface area contributed by atoms with Gasteiger partial charge in [0.15, 0.2) is 0 Å². The van der Waals surface area contributed by atoms with Crippen molar-refractivity contribution in [2.75, 3.05) is 20.2 Å². The van der Waals surface area contributed by atoms with Gasteiger partial charge in [-0.3, -0.25) is 4.90 Å². The Morgan fingerprint density at radius 2 is 1.52 bits per heavy atom. The second-order valence-electron chi connectivity index (χ2n) is 20.8. The summed E-state index contributed by atoms with van der Waals surface area (Å²) in [7, 11) is -2.42. The van der Waals surface area contributed by atoms with E-state index in [1.54, 1.807) is 40.5 Å². The van der Waals surface area contributed by atoms with Crippen molar-refractivity contribution in [3.05, 3.63) is 99.9 Å². The van der Waals surface area contributed by atoms with Crippen molar-refractivity contribution in [3.63, 3.8) is 0 Å². The summed E-state index contributed by atoms with van der Waals surface area (Å²) in [4.78, 5) is 31.9. The molecule has 6 rings (SSSR count). The van der Waals surface area contributed by atoms with Crippen molar-refractivity contribution in [1.82, 2.24) is 9.21 Å². The number of hydrogen-bond acceptors (Lipinski definition) is 10. The van der Waals surface area contributed by atoms with E-state index in [2.05, 4.69) is 19.9 Å². The van der Waals surface area contributed by atoms with E-state index in [4.69, 9.17) is 23.7 Å². The number of nitrogens with zero attached hydrogens (tertiary/aromatic N) is 2. The molecule has 2 aliphatic rings. The van der Waals surface area contributed by atoms with Gasteiger partial charge in [0, 0.05) is 22.8 Å². The molecule has 2 atom stereocenters. The average Bonchev–Trinajstić information content (AvgIpc) is 3.68. The van der Waals surface area contributed by atoms with Gasteiger partial charge in [-0.05, 0) is 151 Å². The molecule has 1 aromatic heterocycles. The van der Waals surface area contributed by atoms with E-state index < -0.39 is 45.2 Å². The van der Waals surface area contributed by atoms with Crippen molar-refractivity contribution in [2.24, 2.45) is 11.3 Å². The first kappa shape index (κ1) is 49.0. The molecule has 13 heteroatoms. The lowest BCUT2D eigenvalue weighted by atomic mass is 9.76. The predicted molar refractivity (Wildman–Crippen MR) is 253 cm³/mol. The molecule has 0 spiro atoms. The molecule has 3 aromatic carbocycles. The maximum Gasteiger partial charge on any atom is 0.412 e. The number of aryl methyl sites for hydroxylation is 1. The minimum Gasteiger partial charge on any atom is -0.497 e. The number of hydrogen-bond donors (Lipinski definition) is 0. The summed E-state index contributed by atoms with van der Waals surface area (Å²) in [6, 6.07) is 21.6. The van der Waals surface area contributed by atoms with E-state index in [0.717, 1.165) is 46.4 Å². The van der Waals surface area contributed by atoms with Crippen molar-refractivity contribution < 1.29 is 41.7 Å². The first-order chi connectivity index (χ1) is 29.8. The lowest BCUT2D eigenvalue weighted by Crippen LogP contribution is -2.52. The number of methoxy groups -OCH3 is 1. The van der Waals surface area contributed by atoms with E-state index >= 15 is 0 Å². The molecule has 2 heterocycles. The largest absolute Gasteiger partial charge is 0.497 e. The van der Waals surface area contributed by atoms with Crippen LogP contribution in [0.5, 0.6) is 11.5 Å². The van der Waals surface area contributed by atoms with Gasteiger partial charge in [0.25, 0.3) is 0 Å². The minimum absolute atomic E-state index is 0.0115. The number of amides is 1. The highest BCUT2D eigenvalue weighted by atomic mass is 32.2. The molecule has 1 aliphatic carbocycles. The van der Waals surface area contributed by atoms with E-state index in [1.165, 1.54) is 16.3 Å². The summed E-state index contributed by atoms with van der Waals surface area (Å²) in [5.74, 6) is 0.922. The number of sulfonamides is 1. The van der Waals surface area contributed by atoms with Gasteiger partial charge >= 0.3 is 12.1 Å². The summed E-state index contributed by atoms with van der Waals surface area (Å²) in [5.41, 5.74) is 2.15. The predicted octanol–water partition coefficient (Wildman–Crippen LogP) is 11.1. The number of carbonyl (C=O) groups excluding carboxylic acids is 2. The number of fused-ring (bicyclic) bond motifs is 1. The topological polar surface area (TPSA) is 121 Å². The van der Waals surface area contributed by atoms with Crippen LogP contribution in [0.4, 0.5) is 4.79 Å². The van der Waals surface area contributed by atoms with Crippen LogP contribution < -0.4 is 9.47 Å². The van der Waals surface area contributed by atoms with E-state index in [1.807, 2.05) is 112 Å². The van der Waals surface area contributed by atoms with Crippen molar-refractivity contribution in [2.45, 2.75) is 149 Å². The zero-order valence-electron chi connectivity index (χ0n) is 40.0. The van der Waals surface area contributed by atoms with Gasteiger partial charge in [-0.2, -0.15) is 4.31 Å². The number of rotatable bonds is 14. The lowest BCUT2D eigenvalue weighted by Gasteiger charge is -2.35. The Kier molecular flexibility index (Phi) is 14.4. The van der Waals surface area contributed by atoms with Crippen molar-refractivity contribution >= 4 is 33.4 Å². The van der Waals surface area contributed by atoms with Crippen LogP contribution in [0.15, 0.2) is 77.7 Å². The van der Waals surface area contributed by atoms with E-state index in [0.29, 0.717) is 23.5 Å². The summed E-state index contributed by atoms with van der Waals surface area (Å²) in [5, 5.41) is 0. The quantitative estimate of drug-likeness (QED) is 0.114. The van der Waals surface area contributed by atoms with Crippen LogP contribution in [-0.4, -0.2) is 79.0 Å². The summed E-state index contributed by atoms with van der Waals surface area (Å²) in [6.45, 7) is 23.8. The van der Waals surface area contributed by atoms with Gasteiger partial charge < -0.3 is 23.7 Å². The van der Waals surface area contributed by atoms with Crippen LogP contribution in [-0.2, 0) is 50.1 Å². The molecular weight excluding hydrogens is 849 g/mol. The number of carbonyl (C=O) groups is 2. The van der Waals surface area contributed by atoms with Gasteiger partial charge in [0.1, 0.15) is 35.0 Å². The Labute approximate surface area is 385 Å². The lowest BCUT2D eigenvalue weighted by molar-refractivity contribution is -0.0807. The van der Waals surface area contributed by atoms with Gasteiger partial charge in [0.2, 0.25) is 10.0 Å². The highest BCUT2D eigenvalue weighted by Gasteiger charge is 2.52. The fourth-order valence-corrected chi connectivity index (χ4v) is 11.5. The van der Waals surface area contributed by atoms with Crippen LogP contribution in [0.2, 0.25) is 0 Å². The molecule has 0 radical (unpaired) electrons. The molecule has 0 unspecified atom stereocenters. The zero-order chi connectivity index (χ0) is 47.0. The fourth-order valence-electron chi connectivity index (χ4n) is 8.54. The minimum atomic E-state index is -3.96. The molecule has 348 valence electrons. The molecule has 1 amide bonds. The van der Waals surface area contributed by atoms with Crippen LogP contribution in [0.1, 0.15) is 121 Å². The Bertz CT molecular complexity index is 2390. The molecule has 0 bridgehead atoms. The van der Waals surface area contributed by atoms with Gasteiger partial charge in [-0.1, -0.05) is 64.1 Å². The summed E-state index contributed by atoms with van der Waals surface area (Å²) >= 11 is 1.69. The molecule has 4 aromatic rings. The molecule has 0 N–H and O–H groups in total. The third kappa shape index (κ3) is 11.7. The van der Waals surface area contributed by atoms with Crippen LogP contribution in [0.3, 0.4) is 0 Å². The molecule has 11 nitrogen and oxygen atoms in total. The molecule has 1 fully saturated rings. The number of thiophene rings is 1. The monoisotopic (exact) mass is 916 g/mol. The molecular formula is C51H68N2O9S2. The third-order valence-corrected chi connectivity index (χ3v) is 14.6. The smallest absolute Gasteiger partial charge is 0.412 e.